The Hall–Kier alpha value is -3.14. The molecule has 4 nitrogen and oxygen atoms in total. The number of aromatic hydroxyl groups is 1. The van der Waals surface area contributed by atoms with Gasteiger partial charge in [-0.15, -0.1) is 0 Å². The molecule has 0 atom stereocenters. The highest BCUT2D eigenvalue weighted by Gasteiger charge is 2.31. The number of Topliss-reactive ketones (excluding diaryl/α,β-unsaturated/α-hetero) is 2. The first kappa shape index (κ1) is 13.5. The van der Waals surface area contributed by atoms with Crippen LogP contribution in [0, 0.1) is 6.92 Å². The van der Waals surface area contributed by atoms with Gasteiger partial charge in [-0.05, 0) is 42.8 Å². The Balaban J connectivity index is 1.90. The van der Waals surface area contributed by atoms with Gasteiger partial charge in [0, 0.05) is 21.9 Å². The van der Waals surface area contributed by atoms with Crippen LogP contribution in [0.4, 0.5) is 0 Å². The Morgan fingerprint density at radius 3 is 2.30 bits per heavy atom. The van der Waals surface area contributed by atoms with Crippen molar-refractivity contribution in [2.75, 3.05) is 0 Å². The molecule has 0 bridgehead atoms. The van der Waals surface area contributed by atoms with Crippen molar-refractivity contribution in [1.82, 2.24) is 0 Å². The molecule has 0 spiro atoms. The standard InChI is InChI=1S/C19H12O4/c1-10-9-11(20)5-7-15(10)23-16-8-6-14-17-12(16)3-2-4-13(17)18(21)19(14)22/h2-9,20H,1H3. The van der Waals surface area contributed by atoms with Gasteiger partial charge in [0.05, 0.1) is 0 Å². The predicted octanol–water partition coefficient (Wildman–Crippen LogP) is 4.03. The van der Waals surface area contributed by atoms with Crippen LogP contribution < -0.4 is 4.74 Å². The van der Waals surface area contributed by atoms with Crippen LogP contribution in [0.15, 0.2) is 48.5 Å². The number of phenols is 1. The quantitative estimate of drug-likeness (QED) is 0.726. The van der Waals surface area contributed by atoms with Crippen molar-refractivity contribution >= 4 is 22.3 Å². The van der Waals surface area contributed by atoms with E-state index in [1.165, 1.54) is 0 Å². The van der Waals surface area contributed by atoms with Crippen LogP contribution >= 0.6 is 0 Å². The molecule has 4 heteroatoms. The lowest BCUT2D eigenvalue weighted by molar-refractivity contribution is 0.0825. The van der Waals surface area contributed by atoms with E-state index in [9.17, 15) is 14.7 Å². The van der Waals surface area contributed by atoms with Gasteiger partial charge in [0.1, 0.15) is 17.2 Å². The minimum absolute atomic E-state index is 0.173. The Morgan fingerprint density at radius 2 is 1.57 bits per heavy atom. The van der Waals surface area contributed by atoms with Crippen LogP contribution in [-0.4, -0.2) is 16.7 Å². The molecule has 3 aromatic carbocycles. The molecule has 1 aliphatic carbocycles. The lowest BCUT2D eigenvalue weighted by Crippen LogP contribution is -2.05. The van der Waals surface area contributed by atoms with Crippen molar-refractivity contribution in [2.24, 2.45) is 0 Å². The van der Waals surface area contributed by atoms with Gasteiger partial charge in [-0.3, -0.25) is 9.59 Å². The van der Waals surface area contributed by atoms with Crippen LogP contribution in [0.1, 0.15) is 26.3 Å². The molecule has 23 heavy (non-hydrogen) atoms. The molecule has 0 fully saturated rings. The number of benzene rings is 3. The van der Waals surface area contributed by atoms with E-state index in [1.54, 1.807) is 42.5 Å². The summed E-state index contributed by atoms with van der Waals surface area (Å²) in [5.41, 5.74) is 1.64. The van der Waals surface area contributed by atoms with E-state index in [0.717, 1.165) is 10.9 Å². The number of rotatable bonds is 2. The van der Waals surface area contributed by atoms with E-state index < -0.39 is 11.6 Å². The van der Waals surface area contributed by atoms with Gasteiger partial charge in [-0.25, -0.2) is 0 Å². The van der Waals surface area contributed by atoms with Crippen molar-refractivity contribution in [2.45, 2.75) is 6.92 Å². The number of carbonyl (C=O) groups is 2. The summed E-state index contributed by atoms with van der Waals surface area (Å²) >= 11 is 0. The molecular weight excluding hydrogens is 292 g/mol. The zero-order valence-corrected chi connectivity index (χ0v) is 12.3. The summed E-state index contributed by atoms with van der Waals surface area (Å²) in [6.45, 7) is 1.84. The SMILES string of the molecule is Cc1cc(O)ccc1Oc1ccc2c3c(cccc13)C(=O)C2=O. The minimum atomic E-state index is -0.469. The third-order valence-corrected chi connectivity index (χ3v) is 4.07. The van der Waals surface area contributed by atoms with Crippen molar-refractivity contribution < 1.29 is 19.4 Å². The summed E-state index contributed by atoms with van der Waals surface area (Å²) in [6.07, 6.45) is 0. The largest absolute Gasteiger partial charge is 0.508 e. The average molecular weight is 304 g/mol. The van der Waals surface area contributed by atoms with Crippen molar-refractivity contribution in [3.8, 4) is 17.2 Å². The first-order valence-electron chi connectivity index (χ1n) is 7.18. The third kappa shape index (κ3) is 1.92. The van der Waals surface area contributed by atoms with Crippen LogP contribution in [0.2, 0.25) is 0 Å². The maximum atomic E-state index is 12.0. The zero-order chi connectivity index (χ0) is 16.1. The summed E-state index contributed by atoms with van der Waals surface area (Å²) < 4.78 is 5.95. The fraction of sp³-hybridized carbons (Fsp3) is 0.0526. The van der Waals surface area contributed by atoms with Crippen LogP contribution in [0.3, 0.4) is 0 Å². The average Bonchev–Trinajstić information content (AvgIpc) is 2.79. The van der Waals surface area contributed by atoms with Crippen molar-refractivity contribution in [3.63, 3.8) is 0 Å². The highest BCUT2D eigenvalue weighted by Crippen LogP contribution is 2.38. The molecule has 0 heterocycles. The van der Waals surface area contributed by atoms with E-state index in [1.807, 2.05) is 13.0 Å². The molecule has 4 rings (SSSR count). The molecule has 0 radical (unpaired) electrons. The molecule has 0 unspecified atom stereocenters. The van der Waals surface area contributed by atoms with E-state index >= 15 is 0 Å². The molecule has 0 amide bonds. The van der Waals surface area contributed by atoms with Gasteiger partial charge in [0.15, 0.2) is 0 Å². The normalized spacial score (nSPS) is 12.9. The Labute approximate surface area is 131 Å². The van der Waals surface area contributed by atoms with E-state index in [4.69, 9.17) is 4.74 Å². The van der Waals surface area contributed by atoms with Crippen LogP contribution in [0.5, 0.6) is 17.2 Å². The summed E-state index contributed by atoms with van der Waals surface area (Å²) in [6, 6.07) is 13.4. The molecule has 0 saturated heterocycles. The molecule has 0 saturated carbocycles. The second-order valence-electron chi connectivity index (χ2n) is 5.55. The number of hydrogen-bond acceptors (Lipinski definition) is 4. The number of ketones is 2. The molecule has 112 valence electrons. The molecule has 1 aliphatic rings. The smallest absolute Gasteiger partial charge is 0.234 e. The lowest BCUT2D eigenvalue weighted by Gasteiger charge is -2.12. The molecule has 1 N–H and O–H groups in total. The van der Waals surface area contributed by atoms with E-state index in [-0.39, 0.29) is 5.75 Å². The number of carbonyl (C=O) groups excluding carboxylic acids is 2. The highest BCUT2D eigenvalue weighted by molar-refractivity contribution is 6.57. The summed E-state index contributed by atoms with van der Waals surface area (Å²) in [7, 11) is 0. The minimum Gasteiger partial charge on any atom is -0.508 e. The number of aryl methyl sites for hydroxylation is 1. The van der Waals surface area contributed by atoms with Gasteiger partial charge >= 0.3 is 0 Å². The Kier molecular flexibility index (Phi) is 2.75. The fourth-order valence-electron chi connectivity index (χ4n) is 2.96. The van der Waals surface area contributed by atoms with Crippen molar-refractivity contribution in [1.29, 1.82) is 0 Å². The molecule has 3 aromatic rings. The first-order valence-corrected chi connectivity index (χ1v) is 7.18. The monoisotopic (exact) mass is 304 g/mol. The van der Waals surface area contributed by atoms with E-state index in [2.05, 4.69) is 0 Å². The molecular formula is C19H12O4. The molecule has 0 aromatic heterocycles. The van der Waals surface area contributed by atoms with Gasteiger partial charge in [-0.1, -0.05) is 18.2 Å². The topological polar surface area (TPSA) is 63.6 Å². The third-order valence-electron chi connectivity index (χ3n) is 4.07. The van der Waals surface area contributed by atoms with Gasteiger partial charge < -0.3 is 9.84 Å². The maximum Gasteiger partial charge on any atom is 0.234 e. The molecule has 0 aliphatic heterocycles. The summed E-state index contributed by atoms with van der Waals surface area (Å²) in [4.78, 5) is 24.0. The van der Waals surface area contributed by atoms with Gasteiger partial charge in [0.2, 0.25) is 11.6 Å². The summed E-state index contributed by atoms with van der Waals surface area (Å²) in [5.74, 6) is 0.416. The lowest BCUT2D eigenvalue weighted by atomic mass is 10.0. The van der Waals surface area contributed by atoms with Crippen molar-refractivity contribution in [3.05, 3.63) is 65.2 Å². The fourth-order valence-corrected chi connectivity index (χ4v) is 2.96. The maximum absolute atomic E-state index is 12.0. The number of hydrogen-bond donors (Lipinski definition) is 1. The zero-order valence-electron chi connectivity index (χ0n) is 12.3. The predicted molar refractivity (Wildman–Crippen MR) is 85.5 cm³/mol. The Bertz CT molecular complexity index is 981. The second-order valence-corrected chi connectivity index (χ2v) is 5.55. The number of ether oxygens (including phenoxy) is 1. The number of phenolic OH excluding ortho intramolecular Hbond substituents is 1. The van der Waals surface area contributed by atoms with E-state index in [0.29, 0.717) is 28.0 Å². The van der Waals surface area contributed by atoms with Gasteiger partial charge in [-0.2, -0.15) is 0 Å². The highest BCUT2D eigenvalue weighted by atomic mass is 16.5. The Morgan fingerprint density at radius 1 is 0.870 bits per heavy atom. The van der Waals surface area contributed by atoms with Crippen LogP contribution in [0.25, 0.3) is 10.8 Å². The summed E-state index contributed by atoms with van der Waals surface area (Å²) in [5, 5.41) is 10.9. The van der Waals surface area contributed by atoms with Crippen LogP contribution in [-0.2, 0) is 0 Å². The second kappa shape index (κ2) is 4.68. The first-order chi connectivity index (χ1) is 11.1. The van der Waals surface area contributed by atoms with Gasteiger partial charge in [0.25, 0.3) is 0 Å².